The lowest BCUT2D eigenvalue weighted by Crippen LogP contribution is -2.42. The molecule has 0 fully saturated rings. The van der Waals surface area contributed by atoms with Crippen molar-refractivity contribution in [2.75, 3.05) is 13.2 Å². The van der Waals surface area contributed by atoms with Crippen LogP contribution in [-0.4, -0.2) is 42.3 Å². The molecular formula is C28H36N2O5. The van der Waals surface area contributed by atoms with Gasteiger partial charge in [-0.3, -0.25) is 4.79 Å². The van der Waals surface area contributed by atoms with Gasteiger partial charge in [-0.15, -0.1) is 0 Å². The second-order valence-electron chi connectivity index (χ2n) is 9.65. The number of nitrogens with one attached hydrogen (secondary N) is 2. The number of fused-ring (bicyclic) bond motifs is 3. The molecule has 0 spiro atoms. The van der Waals surface area contributed by atoms with Crippen LogP contribution in [0.15, 0.2) is 48.5 Å². The van der Waals surface area contributed by atoms with Crippen LogP contribution in [-0.2, 0) is 14.3 Å². The van der Waals surface area contributed by atoms with Gasteiger partial charge in [-0.25, -0.2) is 9.59 Å². The third-order valence-corrected chi connectivity index (χ3v) is 6.37. The maximum absolute atomic E-state index is 12.5. The van der Waals surface area contributed by atoms with E-state index in [1.165, 1.54) is 11.1 Å². The van der Waals surface area contributed by atoms with Crippen molar-refractivity contribution in [1.82, 2.24) is 10.6 Å². The Morgan fingerprint density at radius 2 is 1.60 bits per heavy atom. The lowest BCUT2D eigenvalue weighted by Gasteiger charge is -2.21. The van der Waals surface area contributed by atoms with Gasteiger partial charge in [0.2, 0.25) is 5.91 Å². The molecule has 0 aliphatic heterocycles. The van der Waals surface area contributed by atoms with E-state index >= 15 is 0 Å². The molecule has 0 saturated heterocycles. The minimum Gasteiger partial charge on any atom is -0.480 e. The molecule has 2 amide bonds. The number of carboxylic acids is 1. The molecule has 3 N–H and O–H groups in total. The van der Waals surface area contributed by atoms with Crippen LogP contribution in [0.1, 0.15) is 63.5 Å². The van der Waals surface area contributed by atoms with E-state index in [2.05, 4.69) is 48.7 Å². The van der Waals surface area contributed by atoms with Crippen LogP contribution in [0.5, 0.6) is 0 Å². The van der Waals surface area contributed by atoms with Gasteiger partial charge < -0.3 is 20.5 Å². The number of carbonyl (C=O) groups is 3. The first kappa shape index (κ1) is 26.3. The molecule has 0 heterocycles. The molecule has 2 atom stereocenters. The topological polar surface area (TPSA) is 105 Å². The summed E-state index contributed by atoms with van der Waals surface area (Å²) in [5.41, 5.74) is 4.64. The van der Waals surface area contributed by atoms with Gasteiger partial charge in [-0.1, -0.05) is 75.7 Å². The fraction of sp³-hybridized carbons (Fsp3) is 0.464. The molecule has 0 radical (unpaired) electrons. The Hall–Kier alpha value is -3.35. The van der Waals surface area contributed by atoms with Crippen LogP contribution < -0.4 is 10.6 Å². The van der Waals surface area contributed by atoms with Crippen LogP contribution >= 0.6 is 0 Å². The van der Waals surface area contributed by atoms with Crippen LogP contribution in [0.3, 0.4) is 0 Å². The largest absolute Gasteiger partial charge is 0.480 e. The maximum atomic E-state index is 12.5. The Morgan fingerprint density at radius 1 is 1.00 bits per heavy atom. The summed E-state index contributed by atoms with van der Waals surface area (Å²) < 4.78 is 5.60. The summed E-state index contributed by atoms with van der Waals surface area (Å²) in [5.74, 6) is -1.16. The monoisotopic (exact) mass is 480 g/mol. The number of hydrogen-bond acceptors (Lipinski definition) is 4. The third kappa shape index (κ3) is 7.07. The Kier molecular flexibility index (Phi) is 9.29. The van der Waals surface area contributed by atoms with E-state index in [0.717, 1.165) is 17.5 Å². The van der Waals surface area contributed by atoms with Crippen LogP contribution in [0.25, 0.3) is 11.1 Å². The van der Waals surface area contributed by atoms with Gasteiger partial charge in [0, 0.05) is 18.9 Å². The van der Waals surface area contributed by atoms with Gasteiger partial charge >= 0.3 is 12.1 Å². The molecule has 1 aliphatic carbocycles. The second kappa shape index (κ2) is 12.4. The van der Waals surface area contributed by atoms with E-state index in [1.807, 2.05) is 31.2 Å². The van der Waals surface area contributed by atoms with E-state index in [0.29, 0.717) is 18.8 Å². The fourth-order valence-electron chi connectivity index (χ4n) is 4.84. The van der Waals surface area contributed by atoms with E-state index in [4.69, 9.17) is 4.74 Å². The minimum absolute atomic E-state index is 0.0168. The Bertz CT molecular complexity index is 990. The molecule has 2 aromatic rings. The number of hydrogen-bond donors (Lipinski definition) is 3. The summed E-state index contributed by atoms with van der Waals surface area (Å²) in [6, 6.07) is 15.4. The fourth-order valence-corrected chi connectivity index (χ4v) is 4.84. The summed E-state index contributed by atoms with van der Waals surface area (Å²) in [7, 11) is 0. The van der Waals surface area contributed by atoms with Crippen LogP contribution in [0.2, 0.25) is 0 Å². The molecule has 35 heavy (non-hydrogen) atoms. The Morgan fingerprint density at radius 3 is 2.14 bits per heavy atom. The lowest BCUT2D eigenvalue weighted by molar-refractivity contribution is -0.142. The first-order valence-electron chi connectivity index (χ1n) is 12.4. The van der Waals surface area contributed by atoms with E-state index < -0.39 is 18.1 Å². The molecule has 3 rings (SSSR count). The van der Waals surface area contributed by atoms with Gasteiger partial charge in [0.25, 0.3) is 0 Å². The number of benzene rings is 2. The number of ether oxygens (including phenoxy) is 1. The molecule has 0 saturated carbocycles. The predicted molar refractivity (Wildman–Crippen MR) is 135 cm³/mol. The first-order valence-corrected chi connectivity index (χ1v) is 12.4. The van der Waals surface area contributed by atoms with E-state index in [1.54, 1.807) is 0 Å². The van der Waals surface area contributed by atoms with Crippen molar-refractivity contribution in [2.45, 2.75) is 58.4 Å². The number of amides is 2. The third-order valence-electron chi connectivity index (χ3n) is 6.37. The number of carboxylic acid groups (broad SMARTS) is 1. The van der Waals surface area contributed by atoms with Crippen molar-refractivity contribution >= 4 is 18.0 Å². The number of aliphatic carboxylic acids is 1. The van der Waals surface area contributed by atoms with E-state index in [9.17, 15) is 19.5 Å². The summed E-state index contributed by atoms with van der Waals surface area (Å²) >= 11 is 0. The number of carbonyl (C=O) groups excluding carboxylic acids is 2. The van der Waals surface area contributed by atoms with Gasteiger partial charge in [0.15, 0.2) is 0 Å². The van der Waals surface area contributed by atoms with Crippen LogP contribution in [0.4, 0.5) is 4.79 Å². The van der Waals surface area contributed by atoms with Crippen molar-refractivity contribution in [2.24, 2.45) is 11.8 Å². The molecule has 0 bridgehead atoms. The molecule has 0 aromatic heterocycles. The van der Waals surface area contributed by atoms with Crippen molar-refractivity contribution in [3.8, 4) is 11.1 Å². The maximum Gasteiger partial charge on any atom is 0.407 e. The van der Waals surface area contributed by atoms with Gasteiger partial charge in [-0.05, 0) is 46.9 Å². The van der Waals surface area contributed by atoms with Gasteiger partial charge in [0.05, 0.1) is 0 Å². The zero-order valence-corrected chi connectivity index (χ0v) is 20.8. The number of alkyl carbamates (subject to hydrolysis) is 1. The normalized spacial score (nSPS) is 14.1. The van der Waals surface area contributed by atoms with Gasteiger partial charge in [-0.2, -0.15) is 0 Å². The standard InChI is InChI=1S/C28H36N2O5/c1-4-9-25(27(32)33)30-26(31)15-19(14-18(2)3)16-29-28(34)35-17-24-22-12-7-5-10-20(22)21-11-6-8-13-23(21)24/h5-8,10-13,18-19,24-25H,4,9,14-17H2,1-3H3,(H,29,34)(H,30,31)(H,32,33)/t19-,25+/m0/s1. The molecule has 0 unspecified atom stereocenters. The number of rotatable bonds is 12. The zero-order valence-electron chi connectivity index (χ0n) is 20.8. The van der Waals surface area contributed by atoms with Gasteiger partial charge in [0.1, 0.15) is 12.6 Å². The average Bonchev–Trinajstić information content (AvgIpc) is 3.14. The quantitative estimate of drug-likeness (QED) is 0.399. The molecule has 1 aliphatic rings. The van der Waals surface area contributed by atoms with Crippen molar-refractivity contribution in [3.05, 3.63) is 59.7 Å². The summed E-state index contributed by atoms with van der Waals surface area (Å²) in [5, 5.41) is 14.7. The lowest BCUT2D eigenvalue weighted by atomic mass is 9.93. The summed E-state index contributed by atoms with van der Waals surface area (Å²) in [6.07, 6.45) is 1.40. The highest BCUT2D eigenvalue weighted by Crippen LogP contribution is 2.44. The highest BCUT2D eigenvalue weighted by Gasteiger charge is 2.29. The molecule has 7 nitrogen and oxygen atoms in total. The molecule has 2 aromatic carbocycles. The Labute approximate surface area is 207 Å². The smallest absolute Gasteiger partial charge is 0.407 e. The SMILES string of the molecule is CCC[C@@H](NC(=O)C[C@@H](CNC(=O)OCC1c2ccccc2-c2ccccc21)CC(C)C)C(=O)O. The van der Waals surface area contributed by atoms with Crippen LogP contribution in [0, 0.1) is 11.8 Å². The minimum atomic E-state index is -1.03. The summed E-state index contributed by atoms with van der Waals surface area (Å²) in [6.45, 7) is 6.49. The van der Waals surface area contributed by atoms with Crippen molar-refractivity contribution in [1.29, 1.82) is 0 Å². The molecular weight excluding hydrogens is 444 g/mol. The first-order chi connectivity index (χ1) is 16.8. The predicted octanol–water partition coefficient (Wildman–Crippen LogP) is 4.95. The highest BCUT2D eigenvalue weighted by atomic mass is 16.5. The van der Waals surface area contributed by atoms with Crippen molar-refractivity contribution < 1.29 is 24.2 Å². The average molecular weight is 481 g/mol. The molecule has 7 heteroatoms. The highest BCUT2D eigenvalue weighted by molar-refractivity contribution is 5.83. The molecule has 188 valence electrons. The van der Waals surface area contributed by atoms with Crippen molar-refractivity contribution in [3.63, 3.8) is 0 Å². The second-order valence-corrected chi connectivity index (χ2v) is 9.65. The van der Waals surface area contributed by atoms with E-state index in [-0.39, 0.29) is 37.3 Å². The summed E-state index contributed by atoms with van der Waals surface area (Å²) in [4.78, 5) is 36.4. The zero-order chi connectivity index (χ0) is 25.4. The Balaban J connectivity index is 1.55.